The Hall–Kier alpha value is -1.89. The zero-order valence-electron chi connectivity index (χ0n) is 14.3. The first-order valence-electron chi connectivity index (χ1n) is 8.92. The molecule has 1 amide bonds. The molecule has 0 unspecified atom stereocenters. The summed E-state index contributed by atoms with van der Waals surface area (Å²) in [6.07, 6.45) is 7.37. The van der Waals surface area contributed by atoms with Crippen molar-refractivity contribution in [1.82, 2.24) is 20.2 Å². The molecule has 2 aliphatic heterocycles. The molecule has 7 heteroatoms. The minimum absolute atomic E-state index is 0.0800. The van der Waals surface area contributed by atoms with E-state index in [1.54, 1.807) is 6.20 Å². The summed E-state index contributed by atoms with van der Waals surface area (Å²) in [7, 11) is 0. The van der Waals surface area contributed by atoms with Gasteiger partial charge < -0.3 is 15.2 Å². The molecule has 2 aliphatic rings. The van der Waals surface area contributed by atoms with E-state index in [2.05, 4.69) is 27.1 Å². The Labute approximate surface area is 142 Å². The number of hydrogen-bond donors (Lipinski definition) is 2. The average Bonchev–Trinajstić information content (AvgIpc) is 2.57. The molecule has 0 aromatic carbocycles. The summed E-state index contributed by atoms with van der Waals surface area (Å²) in [6.45, 7) is 6.21. The van der Waals surface area contributed by atoms with Crippen LogP contribution in [0.3, 0.4) is 0 Å². The number of aromatic nitrogens is 2. The van der Waals surface area contributed by atoms with Crippen molar-refractivity contribution < 1.29 is 4.79 Å². The van der Waals surface area contributed by atoms with Gasteiger partial charge in [0.2, 0.25) is 5.91 Å². The summed E-state index contributed by atoms with van der Waals surface area (Å²) in [6, 6.07) is 0.0800. The number of carbonyl (C=O) groups is 1. The molecule has 132 valence electrons. The van der Waals surface area contributed by atoms with Crippen molar-refractivity contribution in [3.8, 4) is 0 Å². The molecular weight excluding hydrogens is 306 g/mol. The fourth-order valence-corrected chi connectivity index (χ4v) is 3.55. The van der Waals surface area contributed by atoms with Gasteiger partial charge in [0.05, 0.1) is 6.54 Å². The van der Waals surface area contributed by atoms with Crippen LogP contribution in [0.5, 0.6) is 0 Å². The Kier molecular flexibility index (Phi) is 5.50. The Bertz CT molecular complexity index is 609. The van der Waals surface area contributed by atoms with Crippen molar-refractivity contribution >= 4 is 11.7 Å². The highest BCUT2D eigenvalue weighted by atomic mass is 16.2. The third kappa shape index (κ3) is 4.35. The van der Waals surface area contributed by atoms with Crippen LogP contribution in [0.1, 0.15) is 32.6 Å². The number of nitrogens with zero attached hydrogens (tertiary/aromatic N) is 3. The van der Waals surface area contributed by atoms with Crippen LogP contribution in [0.2, 0.25) is 0 Å². The molecule has 0 spiro atoms. The number of rotatable bonds is 4. The van der Waals surface area contributed by atoms with Crippen molar-refractivity contribution in [3.63, 3.8) is 0 Å². The van der Waals surface area contributed by atoms with Crippen LogP contribution in [0.15, 0.2) is 17.2 Å². The highest BCUT2D eigenvalue weighted by Gasteiger charge is 2.25. The molecule has 3 heterocycles. The molecule has 3 rings (SSSR count). The second-order valence-electron chi connectivity index (χ2n) is 7.05. The quantitative estimate of drug-likeness (QED) is 0.843. The van der Waals surface area contributed by atoms with Gasteiger partial charge in [-0.3, -0.25) is 14.5 Å². The Morgan fingerprint density at radius 3 is 2.88 bits per heavy atom. The van der Waals surface area contributed by atoms with E-state index in [9.17, 15) is 9.59 Å². The molecule has 0 bridgehead atoms. The SMILES string of the molecule is CC1CCN(CC(=O)N[C@H]2CCCN(c3ncc[nH]c3=O)C2)CC1. The molecule has 0 aliphatic carbocycles. The van der Waals surface area contributed by atoms with E-state index in [0.29, 0.717) is 18.9 Å². The van der Waals surface area contributed by atoms with E-state index in [0.717, 1.165) is 38.4 Å². The monoisotopic (exact) mass is 333 g/mol. The molecule has 7 nitrogen and oxygen atoms in total. The lowest BCUT2D eigenvalue weighted by Gasteiger charge is -2.34. The number of amides is 1. The van der Waals surface area contributed by atoms with Crippen molar-refractivity contribution in [1.29, 1.82) is 0 Å². The van der Waals surface area contributed by atoms with E-state index in [1.165, 1.54) is 19.0 Å². The third-order valence-corrected chi connectivity index (χ3v) is 5.02. The van der Waals surface area contributed by atoms with Gasteiger partial charge in [0.25, 0.3) is 5.56 Å². The topological polar surface area (TPSA) is 81.3 Å². The second kappa shape index (κ2) is 7.79. The van der Waals surface area contributed by atoms with E-state index in [4.69, 9.17) is 0 Å². The Balaban J connectivity index is 1.51. The maximum Gasteiger partial charge on any atom is 0.290 e. The number of anilines is 1. The first-order chi connectivity index (χ1) is 11.6. The van der Waals surface area contributed by atoms with E-state index < -0.39 is 0 Å². The second-order valence-corrected chi connectivity index (χ2v) is 7.05. The molecular formula is C17H27N5O2. The van der Waals surface area contributed by atoms with Gasteiger partial charge in [0.15, 0.2) is 5.82 Å². The lowest BCUT2D eigenvalue weighted by molar-refractivity contribution is -0.123. The predicted molar refractivity (Wildman–Crippen MR) is 93.1 cm³/mol. The molecule has 1 atom stereocenters. The van der Waals surface area contributed by atoms with Crippen molar-refractivity contribution in [3.05, 3.63) is 22.7 Å². The predicted octanol–water partition coefficient (Wildman–Crippen LogP) is 0.587. The first-order valence-corrected chi connectivity index (χ1v) is 8.92. The number of hydrogen-bond acceptors (Lipinski definition) is 5. The van der Waals surface area contributed by atoms with Crippen LogP contribution < -0.4 is 15.8 Å². The zero-order valence-corrected chi connectivity index (χ0v) is 14.3. The fourth-order valence-electron chi connectivity index (χ4n) is 3.55. The zero-order chi connectivity index (χ0) is 16.9. The van der Waals surface area contributed by atoms with Crippen molar-refractivity contribution in [2.75, 3.05) is 37.6 Å². The first kappa shape index (κ1) is 17.0. The lowest BCUT2D eigenvalue weighted by Crippen LogP contribution is -2.51. The van der Waals surface area contributed by atoms with Crippen LogP contribution in [-0.2, 0) is 4.79 Å². The summed E-state index contributed by atoms with van der Waals surface area (Å²) in [4.78, 5) is 35.2. The standard InChI is InChI=1S/C17H27N5O2/c1-13-4-9-21(10-5-13)12-15(23)20-14-3-2-8-22(11-14)16-17(24)19-7-6-18-16/h6-7,13-14H,2-5,8-12H2,1H3,(H,19,24)(H,20,23)/t14-/m0/s1. The van der Waals surface area contributed by atoms with Crippen molar-refractivity contribution in [2.45, 2.75) is 38.6 Å². The number of aromatic amines is 1. The summed E-state index contributed by atoms with van der Waals surface area (Å²) >= 11 is 0. The lowest BCUT2D eigenvalue weighted by atomic mass is 9.99. The molecule has 1 aromatic rings. The van der Waals surface area contributed by atoms with Gasteiger partial charge in [-0.1, -0.05) is 6.92 Å². The Morgan fingerprint density at radius 2 is 2.12 bits per heavy atom. The molecule has 0 saturated carbocycles. The highest BCUT2D eigenvalue weighted by molar-refractivity contribution is 5.78. The van der Waals surface area contributed by atoms with Gasteiger partial charge >= 0.3 is 0 Å². The van der Waals surface area contributed by atoms with Gasteiger partial charge in [-0.05, 0) is 44.7 Å². The van der Waals surface area contributed by atoms with Crippen LogP contribution in [0, 0.1) is 5.92 Å². The number of carbonyl (C=O) groups excluding carboxylic acids is 1. The van der Waals surface area contributed by atoms with E-state index >= 15 is 0 Å². The minimum atomic E-state index is -0.174. The molecule has 2 fully saturated rings. The van der Waals surface area contributed by atoms with Crippen molar-refractivity contribution in [2.24, 2.45) is 5.92 Å². The van der Waals surface area contributed by atoms with Crippen LogP contribution in [0.25, 0.3) is 0 Å². The number of piperidine rings is 2. The van der Waals surface area contributed by atoms with Crippen LogP contribution in [0.4, 0.5) is 5.82 Å². The largest absolute Gasteiger partial charge is 0.350 e. The molecule has 24 heavy (non-hydrogen) atoms. The fraction of sp³-hybridized carbons (Fsp3) is 0.706. The average molecular weight is 333 g/mol. The number of H-pyrrole nitrogens is 1. The summed E-state index contributed by atoms with van der Waals surface area (Å²) < 4.78 is 0. The van der Waals surface area contributed by atoms with E-state index in [1.807, 2.05) is 4.90 Å². The van der Waals surface area contributed by atoms with Crippen LogP contribution in [-0.4, -0.2) is 59.5 Å². The summed E-state index contributed by atoms with van der Waals surface area (Å²) in [5, 5.41) is 3.13. The summed E-state index contributed by atoms with van der Waals surface area (Å²) in [5.74, 6) is 1.31. The van der Waals surface area contributed by atoms with Crippen LogP contribution >= 0.6 is 0 Å². The van der Waals surface area contributed by atoms with Gasteiger partial charge in [-0.15, -0.1) is 0 Å². The summed E-state index contributed by atoms with van der Waals surface area (Å²) in [5.41, 5.74) is -0.174. The van der Waals surface area contributed by atoms with Gasteiger partial charge in [-0.2, -0.15) is 0 Å². The number of likely N-dealkylation sites (tertiary alicyclic amines) is 1. The van der Waals surface area contributed by atoms with E-state index in [-0.39, 0.29) is 17.5 Å². The highest BCUT2D eigenvalue weighted by Crippen LogP contribution is 2.16. The minimum Gasteiger partial charge on any atom is -0.350 e. The van der Waals surface area contributed by atoms with Gasteiger partial charge in [0.1, 0.15) is 0 Å². The third-order valence-electron chi connectivity index (χ3n) is 5.02. The molecule has 2 saturated heterocycles. The molecule has 0 radical (unpaired) electrons. The maximum atomic E-state index is 12.3. The molecule has 1 aromatic heterocycles. The normalized spacial score (nSPS) is 23.2. The van der Waals surface area contributed by atoms with Gasteiger partial charge in [0, 0.05) is 31.5 Å². The molecule has 2 N–H and O–H groups in total. The maximum absolute atomic E-state index is 12.3. The number of nitrogens with one attached hydrogen (secondary N) is 2. The smallest absolute Gasteiger partial charge is 0.290 e. The Morgan fingerprint density at radius 1 is 1.33 bits per heavy atom. The van der Waals surface area contributed by atoms with Gasteiger partial charge in [-0.25, -0.2) is 4.98 Å².